The molecule has 0 radical (unpaired) electrons. The molecule has 2 amide bonds. The van der Waals surface area contributed by atoms with Gasteiger partial charge in [-0.1, -0.05) is 18.2 Å². The number of carbonyl (C=O) groups is 2. The SMILES string of the molecule is COc1cccc(CNC(=O)C[NH+]2CC[NH+](CC(=O)Nc3cccc(F)c3)CC2)c1. The Kier molecular flexibility index (Phi) is 7.75. The Balaban J connectivity index is 1.35. The highest BCUT2D eigenvalue weighted by Crippen LogP contribution is 2.12. The summed E-state index contributed by atoms with van der Waals surface area (Å²) in [5.41, 5.74) is 1.47. The first-order valence-electron chi connectivity index (χ1n) is 10.1. The minimum absolute atomic E-state index is 0.0140. The standard InChI is InChI=1S/C22H27FN4O3/c1-30-20-7-2-4-17(12-20)14-24-21(28)15-26-8-10-27(11-9-26)16-22(29)25-19-6-3-5-18(23)13-19/h2-7,12-13H,8-11,14-16H2,1H3,(H,24,28)(H,25,29)/p+2. The number of quaternary nitrogens is 2. The van der Waals surface area contributed by atoms with E-state index in [1.807, 2.05) is 24.3 Å². The van der Waals surface area contributed by atoms with Gasteiger partial charge >= 0.3 is 0 Å². The maximum absolute atomic E-state index is 13.2. The second kappa shape index (κ2) is 10.7. The second-order valence-corrected chi connectivity index (χ2v) is 7.54. The van der Waals surface area contributed by atoms with Crippen LogP contribution in [0.1, 0.15) is 5.56 Å². The summed E-state index contributed by atoms with van der Waals surface area (Å²) in [6.07, 6.45) is 0. The molecule has 0 aromatic heterocycles. The average molecular weight is 416 g/mol. The van der Waals surface area contributed by atoms with Gasteiger partial charge in [0.15, 0.2) is 13.1 Å². The molecule has 2 aromatic carbocycles. The molecule has 2 aromatic rings. The summed E-state index contributed by atoms with van der Waals surface area (Å²) in [5, 5.41) is 5.69. The third-order valence-electron chi connectivity index (χ3n) is 5.22. The molecule has 0 atom stereocenters. The van der Waals surface area contributed by atoms with E-state index in [1.165, 1.54) is 21.9 Å². The van der Waals surface area contributed by atoms with Gasteiger partial charge in [-0.05, 0) is 35.9 Å². The van der Waals surface area contributed by atoms with Crippen LogP contribution in [0.5, 0.6) is 5.75 Å². The van der Waals surface area contributed by atoms with Gasteiger partial charge in [0, 0.05) is 12.2 Å². The van der Waals surface area contributed by atoms with Gasteiger partial charge in [0.1, 0.15) is 37.7 Å². The van der Waals surface area contributed by atoms with Crippen LogP contribution in [0.15, 0.2) is 48.5 Å². The summed E-state index contributed by atoms with van der Waals surface area (Å²) >= 11 is 0. The molecule has 160 valence electrons. The summed E-state index contributed by atoms with van der Waals surface area (Å²) in [6, 6.07) is 13.5. The van der Waals surface area contributed by atoms with Crippen molar-refractivity contribution in [2.45, 2.75) is 6.54 Å². The largest absolute Gasteiger partial charge is 0.497 e. The summed E-state index contributed by atoms with van der Waals surface area (Å²) in [5.74, 6) is 0.283. The van der Waals surface area contributed by atoms with Crippen molar-refractivity contribution in [2.24, 2.45) is 0 Å². The van der Waals surface area contributed by atoms with E-state index in [9.17, 15) is 14.0 Å². The molecule has 30 heavy (non-hydrogen) atoms. The molecule has 3 rings (SSSR count). The quantitative estimate of drug-likeness (QED) is 0.440. The molecule has 1 heterocycles. The van der Waals surface area contributed by atoms with E-state index < -0.39 is 0 Å². The fourth-order valence-electron chi connectivity index (χ4n) is 3.58. The van der Waals surface area contributed by atoms with Gasteiger partial charge in [-0.15, -0.1) is 0 Å². The van der Waals surface area contributed by atoms with Gasteiger partial charge < -0.3 is 25.2 Å². The number of ether oxygens (including phenoxy) is 1. The number of anilines is 1. The van der Waals surface area contributed by atoms with Crippen molar-refractivity contribution in [3.63, 3.8) is 0 Å². The Labute approximate surface area is 175 Å². The highest BCUT2D eigenvalue weighted by molar-refractivity contribution is 5.91. The number of methoxy groups -OCH3 is 1. The van der Waals surface area contributed by atoms with Gasteiger partial charge in [0.25, 0.3) is 11.8 Å². The first kappa shape index (κ1) is 21.7. The summed E-state index contributed by atoms with van der Waals surface area (Å²) < 4.78 is 18.4. The Morgan fingerprint density at radius 2 is 1.63 bits per heavy atom. The Hall–Kier alpha value is -2.97. The zero-order valence-corrected chi connectivity index (χ0v) is 17.2. The zero-order valence-electron chi connectivity index (χ0n) is 17.2. The summed E-state index contributed by atoms with van der Waals surface area (Å²) in [7, 11) is 1.62. The predicted molar refractivity (Wildman–Crippen MR) is 111 cm³/mol. The molecule has 0 saturated carbocycles. The summed E-state index contributed by atoms with van der Waals surface area (Å²) in [6.45, 7) is 4.52. The number of piperazine rings is 1. The van der Waals surface area contributed by atoms with Crippen LogP contribution in [0.3, 0.4) is 0 Å². The predicted octanol–water partition coefficient (Wildman–Crippen LogP) is -1.13. The molecule has 7 nitrogen and oxygen atoms in total. The van der Waals surface area contributed by atoms with Crippen LogP contribution in [0.25, 0.3) is 0 Å². The van der Waals surface area contributed by atoms with Gasteiger partial charge in [-0.3, -0.25) is 9.59 Å². The fourth-order valence-corrected chi connectivity index (χ4v) is 3.58. The van der Waals surface area contributed by atoms with Crippen LogP contribution in [-0.4, -0.2) is 58.2 Å². The number of hydrogen-bond donors (Lipinski definition) is 4. The van der Waals surface area contributed by atoms with Crippen molar-refractivity contribution in [3.05, 3.63) is 59.9 Å². The van der Waals surface area contributed by atoms with E-state index >= 15 is 0 Å². The molecule has 0 spiro atoms. The number of hydrogen-bond acceptors (Lipinski definition) is 3. The molecular weight excluding hydrogens is 387 g/mol. The highest BCUT2D eigenvalue weighted by Gasteiger charge is 2.26. The van der Waals surface area contributed by atoms with E-state index in [-0.39, 0.29) is 17.6 Å². The van der Waals surface area contributed by atoms with Crippen molar-refractivity contribution in [1.29, 1.82) is 0 Å². The lowest BCUT2D eigenvalue weighted by molar-refractivity contribution is -1.00. The van der Waals surface area contributed by atoms with Crippen LogP contribution in [0.2, 0.25) is 0 Å². The normalized spacial score (nSPS) is 18.5. The third-order valence-corrected chi connectivity index (χ3v) is 5.22. The molecular formula is C22H29FN4O3+2. The monoisotopic (exact) mass is 416 g/mol. The first-order chi connectivity index (χ1) is 14.5. The Morgan fingerprint density at radius 1 is 0.967 bits per heavy atom. The molecule has 1 aliphatic rings. The number of carbonyl (C=O) groups excluding carboxylic acids is 2. The number of halogens is 1. The lowest BCUT2D eigenvalue weighted by atomic mass is 10.2. The molecule has 1 aliphatic heterocycles. The van der Waals surface area contributed by atoms with Crippen LogP contribution in [-0.2, 0) is 16.1 Å². The lowest BCUT2D eigenvalue weighted by Gasteiger charge is -2.29. The molecule has 1 fully saturated rings. The maximum Gasteiger partial charge on any atom is 0.279 e. The third kappa shape index (κ3) is 6.82. The van der Waals surface area contributed by atoms with Gasteiger partial charge in [0.05, 0.1) is 7.11 Å². The highest BCUT2D eigenvalue weighted by atomic mass is 19.1. The smallest absolute Gasteiger partial charge is 0.279 e. The number of amides is 2. The molecule has 0 aliphatic carbocycles. The van der Waals surface area contributed by atoms with E-state index in [1.54, 1.807) is 19.2 Å². The number of benzene rings is 2. The average Bonchev–Trinajstić information content (AvgIpc) is 2.74. The van der Waals surface area contributed by atoms with Crippen LogP contribution in [0.4, 0.5) is 10.1 Å². The fraction of sp³-hybridized carbons (Fsp3) is 0.364. The molecule has 1 saturated heterocycles. The Bertz CT molecular complexity index is 869. The molecule has 0 bridgehead atoms. The van der Waals surface area contributed by atoms with Crippen molar-refractivity contribution in [1.82, 2.24) is 5.32 Å². The summed E-state index contributed by atoms with van der Waals surface area (Å²) in [4.78, 5) is 26.8. The van der Waals surface area contributed by atoms with Crippen molar-refractivity contribution < 1.29 is 28.5 Å². The van der Waals surface area contributed by atoms with E-state index in [4.69, 9.17) is 4.74 Å². The van der Waals surface area contributed by atoms with Crippen LogP contribution in [0, 0.1) is 5.82 Å². The van der Waals surface area contributed by atoms with Gasteiger partial charge in [-0.25, -0.2) is 4.39 Å². The first-order valence-corrected chi connectivity index (χ1v) is 10.1. The van der Waals surface area contributed by atoms with Crippen molar-refractivity contribution in [3.8, 4) is 5.75 Å². The van der Waals surface area contributed by atoms with Crippen molar-refractivity contribution >= 4 is 17.5 Å². The number of rotatable bonds is 8. The zero-order chi connectivity index (χ0) is 21.3. The molecule has 0 unspecified atom stereocenters. The minimum Gasteiger partial charge on any atom is -0.497 e. The van der Waals surface area contributed by atoms with Crippen LogP contribution < -0.4 is 25.2 Å². The van der Waals surface area contributed by atoms with E-state index in [0.29, 0.717) is 25.3 Å². The topological polar surface area (TPSA) is 76.3 Å². The molecule has 8 heteroatoms. The van der Waals surface area contributed by atoms with Crippen molar-refractivity contribution in [2.75, 3.05) is 51.7 Å². The minimum atomic E-state index is -0.373. The van der Waals surface area contributed by atoms with Gasteiger partial charge in [-0.2, -0.15) is 0 Å². The Morgan fingerprint density at radius 3 is 2.30 bits per heavy atom. The van der Waals surface area contributed by atoms with E-state index in [2.05, 4.69) is 10.6 Å². The van der Waals surface area contributed by atoms with Gasteiger partial charge in [0.2, 0.25) is 0 Å². The second-order valence-electron chi connectivity index (χ2n) is 7.54. The van der Waals surface area contributed by atoms with Crippen LogP contribution >= 0.6 is 0 Å². The number of nitrogens with one attached hydrogen (secondary N) is 4. The van der Waals surface area contributed by atoms with E-state index in [0.717, 1.165) is 37.5 Å². The lowest BCUT2D eigenvalue weighted by Crippen LogP contribution is -3.28. The maximum atomic E-state index is 13.2. The molecule has 4 N–H and O–H groups in total.